The lowest BCUT2D eigenvalue weighted by Crippen LogP contribution is -2.33. The summed E-state index contributed by atoms with van der Waals surface area (Å²) in [5, 5.41) is 1.19. The third kappa shape index (κ3) is 3.72. The van der Waals surface area contributed by atoms with E-state index in [-0.39, 0.29) is 5.91 Å². The van der Waals surface area contributed by atoms with Gasteiger partial charge in [0.2, 0.25) is 5.82 Å². The molecule has 1 aliphatic rings. The number of para-hydroxylation sites is 1. The summed E-state index contributed by atoms with van der Waals surface area (Å²) < 4.78 is 0. The molecular formula is C21H22N4O. The van der Waals surface area contributed by atoms with E-state index >= 15 is 0 Å². The van der Waals surface area contributed by atoms with Crippen LogP contribution in [0.5, 0.6) is 0 Å². The Bertz CT molecular complexity index is 897. The Morgan fingerprint density at radius 3 is 2.77 bits per heavy atom. The molecule has 1 unspecified atom stereocenters. The molecule has 5 nitrogen and oxygen atoms in total. The Morgan fingerprint density at radius 1 is 1.04 bits per heavy atom. The standard InChI is InChI=1S/C21H22N4O/c26-21(20-22-9-4-10-23-20)25-11-3-5-16(8-12-25)13-17-14-18-6-1-2-7-19(18)24-15-17/h1-2,4,6-7,9-10,14-16H,3,5,8,11-13H2. The molecule has 1 amide bonds. The van der Waals surface area contributed by atoms with Gasteiger partial charge in [-0.1, -0.05) is 18.2 Å². The summed E-state index contributed by atoms with van der Waals surface area (Å²) in [6, 6.07) is 12.2. The van der Waals surface area contributed by atoms with Crippen molar-refractivity contribution in [3.8, 4) is 0 Å². The van der Waals surface area contributed by atoms with Gasteiger partial charge >= 0.3 is 0 Å². The van der Waals surface area contributed by atoms with Gasteiger partial charge in [-0.2, -0.15) is 0 Å². The van der Waals surface area contributed by atoms with Gasteiger partial charge in [-0.25, -0.2) is 9.97 Å². The Morgan fingerprint density at radius 2 is 1.88 bits per heavy atom. The summed E-state index contributed by atoms with van der Waals surface area (Å²) in [5.74, 6) is 0.816. The quantitative estimate of drug-likeness (QED) is 0.728. The molecule has 1 aliphatic heterocycles. The maximum Gasteiger partial charge on any atom is 0.291 e. The van der Waals surface area contributed by atoms with Crippen molar-refractivity contribution in [2.24, 2.45) is 5.92 Å². The zero-order valence-electron chi connectivity index (χ0n) is 14.7. The van der Waals surface area contributed by atoms with Gasteiger partial charge < -0.3 is 4.90 Å². The predicted octanol–water partition coefficient (Wildman–Crippen LogP) is 3.51. The second-order valence-corrected chi connectivity index (χ2v) is 6.90. The van der Waals surface area contributed by atoms with E-state index < -0.39 is 0 Å². The first-order valence-electron chi connectivity index (χ1n) is 9.19. The molecular weight excluding hydrogens is 324 g/mol. The van der Waals surface area contributed by atoms with Crippen LogP contribution in [0.2, 0.25) is 0 Å². The lowest BCUT2D eigenvalue weighted by atomic mass is 9.93. The van der Waals surface area contributed by atoms with Crippen molar-refractivity contribution in [2.75, 3.05) is 13.1 Å². The summed E-state index contributed by atoms with van der Waals surface area (Å²) in [4.78, 5) is 27.2. The van der Waals surface area contributed by atoms with E-state index in [0.29, 0.717) is 11.7 Å². The fourth-order valence-electron chi connectivity index (χ4n) is 3.69. The van der Waals surface area contributed by atoms with E-state index in [9.17, 15) is 4.79 Å². The van der Waals surface area contributed by atoms with Crippen molar-refractivity contribution in [1.29, 1.82) is 0 Å². The van der Waals surface area contributed by atoms with Gasteiger partial charge in [0.15, 0.2) is 0 Å². The van der Waals surface area contributed by atoms with E-state index in [2.05, 4.69) is 33.2 Å². The zero-order chi connectivity index (χ0) is 17.8. The lowest BCUT2D eigenvalue weighted by Gasteiger charge is -2.19. The Hall–Kier alpha value is -2.82. The molecule has 0 N–H and O–H groups in total. The maximum atomic E-state index is 12.6. The monoisotopic (exact) mass is 346 g/mol. The lowest BCUT2D eigenvalue weighted by molar-refractivity contribution is 0.0747. The largest absolute Gasteiger partial charge is 0.336 e. The van der Waals surface area contributed by atoms with Gasteiger partial charge in [-0.05, 0) is 55.4 Å². The third-order valence-corrected chi connectivity index (χ3v) is 5.06. The molecule has 132 valence electrons. The Balaban J connectivity index is 1.41. The van der Waals surface area contributed by atoms with Crippen LogP contribution in [0.3, 0.4) is 0 Å². The van der Waals surface area contributed by atoms with Gasteiger partial charge in [0.05, 0.1) is 5.52 Å². The number of hydrogen-bond acceptors (Lipinski definition) is 4. The SMILES string of the molecule is O=C(c1ncccn1)N1CCCC(Cc2cnc3ccccc3c2)CC1. The third-order valence-electron chi connectivity index (χ3n) is 5.06. The van der Waals surface area contributed by atoms with E-state index in [4.69, 9.17) is 0 Å². The normalized spacial score (nSPS) is 17.8. The number of pyridine rings is 1. The number of hydrogen-bond donors (Lipinski definition) is 0. The van der Waals surface area contributed by atoms with Crippen LogP contribution < -0.4 is 0 Å². The van der Waals surface area contributed by atoms with Gasteiger partial charge in [-0.3, -0.25) is 9.78 Å². The molecule has 1 aromatic carbocycles. The second-order valence-electron chi connectivity index (χ2n) is 6.90. The van der Waals surface area contributed by atoms with Gasteiger partial charge in [0, 0.05) is 37.1 Å². The minimum absolute atomic E-state index is 0.0568. The predicted molar refractivity (Wildman–Crippen MR) is 101 cm³/mol. The first-order chi connectivity index (χ1) is 12.8. The Kier molecular flexibility index (Phi) is 4.86. The number of rotatable bonds is 3. The second kappa shape index (κ2) is 7.60. The van der Waals surface area contributed by atoms with E-state index in [1.54, 1.807) is 18.5 Å². The van der Waals surface area contributed by atoms with Crippen LogP contribution in [0, 0.1) is 5.92 Å². The highest BCUT2D eigenvalue weighted by Crippen LogP contribution is 2.23. The van der Waals surface area contributed by atoms with Crippen molar-refractivity contribution in [3.05, 3.63) is 66.4 Å². The van der Waals surface area contributed by atoms with E-state index in [0.717, 1.165) is 44.3 Å². The van der Waals surface area contributed by atoms with Crippen molar-refractivity contribution >= 4 is 16.8 Å². The van der Waals surface area contributed by atoms with Crippen LogP contribution in [0.4, 0.5) is 0 Å². The number of fused-ring (bicyclic) bond motifs is 1. The number of benzene rings is 1. The first kappa shape index (κ1) is 16.6. The van der Waals surface area contributed by atoms with Crippen LogP contribution in [0.15, 0.2) is 55.0 Å². The Labute approximate surface area is 153 Å². The van der Waals surface area contributed by atoms with Crippen LogP contribution in [0.25, 0.3) is 10.9 Å². The molecule has 1 saturated heterocycles. The summed E-state index contributed by atoms with van der Waals surface area (Å²) in [7, 11) is 0. The summed E-state index contributed by atoms with van der Waals surface area (Å²) >= 11 is 0. The molecule has 0 saturated carbocycles. The molecule has 26 heavy (non-hydrogen) atoms. The number of amides is 1. The summed E-state index contributed by atoms with van der Waals surface area (Å²) in [5.41, 5.74) is 2.32. The van der Waals surface area contributed by atoms with Crippen LogP contribution in [-0.4, -0.2) is 38.8 Å². The molecule has 0 bridgehead atoms. The molecule has 3 aromatic rings. The van der Waals surface area contributed by atoms with E-state index in [1.807, 2.05) is 23.2 Å². The zero-order valence-corrected chi connectivity index (χ0v) is 14.7. The molecule has 0 spiro atoms. The van der Waals surface area contributed by atoms with Gasteiger partial charge in [0.25, 0.3) is 5.91 Å². The van der Waals surface area contributed by atoms with Crippen LogP contribution >= 0.6 is 0 Å². The molecule has 4 rings (SSSR count). The van der Waals surface area contributed by atoms with E-state index in [1.165, 1.54) is 10.9 Å². The molecule has 0 aliphatic carbocycles. The first-order valence-corrected chi connectivity index (χ1v) is 9.19. The minimum atomic E-state index is -0.0568. The van der Waals surface area contributed by atoms with Crippen molar-refractivity contribution in [3.63, 3.8) is 0 Å². The maximum absolute atomic E-state index is 12.6. The molecule has 5 heteroatoms. The minimum Gasteiger partial charge on any atom is -0.336 e. The average molecular weight is 346 g/mol. The topological polar surface area (TPSA) is 59.0 Å². The highest BCUT2D eigenvalue weighted by molar-refractivity contribution is 5.90. The van der Waals surface area contributed by atoms with Crippen molar-refractivity contribution in [2.45, 2.75) is 25.7 Å². The van der Waals surface area contributed by atoms with Gasteiger partial charge in [-0.15, -0.1) is 0 Å². The molecule has 1 fully saturated rings. The molecule has 1 atom stereocenters. The molecule has 3 heterocycles. The number of carbonyl (C=O) groups is 1. The van der Waals surface area contributed by atoms with Crippen molar-refractivity contribution in [1.82, 2.24) is 19.9 Å². The highest BCUT2D eigenvalue weighted by Gasteiger charge is 2.23. The van der Waals surface area contributed by atoms with Crippen LogP contribution in [-0.2, 0) is 6.42 Å². The average Bonchev–Trinajstić information content (AvgIpc) is 2.93. The fourth-order valence-corrected chi connectivity index (χ4v) is 3.69. The number of nitrogens with zero attached hydrogens (tertiary/aromatic N) is 4. The molecule has 0 radical (unpaired) electrons. The number of likely N-dealkylation sites (tertiary alicyclic amines) is 1. The summed E-state index contributed by atoms with van der Waals surface area (Å²) in [6.45, 7) is 1.55. The fraction of sp³-hybridized carbons (Fsp3) is 0.333. The van der Waals surface area contributed by atoms with Gasteiger partial charge in [0.1, 0.15) is 0 Å². The highest BCUT2D eigenvalue weighted by atomic mass is 16.2. The van der Waals surface area contributed by atoms with Crippen molar-refractivity contribution < 1.29 is 4.79 Å². The molecule has 2 aromatic heterocycles. The van der Waals surface area contributed by atoms with Crippen LogP contribution in [0.1, 0.15) is 35.4 Å². The number of carbonyl (C=O) groups excluding carboxylic acids is 1. The number of aromatic nitrogens is 3. The smallest absolute Gasteiger partial charge is 0.291 e. The summed E-state index contributed by atoms with van der Waals surface area (Å²) in [6.07, 6.45) is 9.40.